The number of hydrogen-bond donors (Lipinski definition) is 3. The van der Waals surface area contributed by atoms with E-state index in [1.165, 1.54) is 31.4 Å². The lowest BCUT2D eigenvalue weighted by atomic mass is 9.92. The Hall–Kier alpha value is -3.60. The first-order chi connectivity index (χ1) is 15.6. The minimum absolute atomic E-state index is 0.00681. The number of ether oxygens (including phenoxy) is 1. The molecule has 0 aromatic heterocycles. The summed E-state index contributed by atoms with van der Waals surface area (Å²) in [5.74, 6) is -0.503. The molecule has 0 saturated carbocycles. The largest absolute Gasteiger partial charge is 0.497 e. The van der Waals surface area contributed by atoms with Crippen molar-refractivity contribution in [1.82, 2.24) is 10.2 Å². The number of methoxy groups -OCH3 is 1. The third-order valence-corrected chi connectivity index (χ3v) is 6.65. The molecule has 0 aliphatic carbocycles. The van der Waals surface area contributed by atoms with Gasteiger partial charge in [0.05, 0.1) is 12.9 Å². The van der Waals surface area contributed by atoms with Gasteiger partial charge in [0.25, 0.3) is 5.91 Å². The average molecular weight is 475 g/mol. The molecule has 1 saturated heterocycles. The highest BCUT2D eigenvalue weighted by atomic mass is 32.2. The molecule has 1 atom stereocenters. The molecule has 0 bridgehead atoms. The van der Waals surface area contributed by atoms with Crippen molar-refractivity contribution in [2.75, 3.05) is 29.4 Å². The molecule has 0 radical (unpaired) electrons. The van der Waals surface area contributed by atoms with Gasteiger partial charge in [0.15, 0.2) is 0 Å². The van der Waals surface area contributed by atoms with Crippen LogP contribution in [0.4, 0.5) is 16.2 Å². The van der Waals surface area contributed by atoms with Gasteiger partial charge in [-0.2, -0.15) is 0 Å². The first-order valence-electron chi connectivity index (χ1n) is 10.3. The molecule has 1 heterocycles. The number of sulfonamides is 1. The second-order valence-corrected chi connectivity index (χ2v) is 9.56. The Balaban J connectivity index is 1.64. The molecule has 1 aliphatic rings. The number of anilines is 2. The van der Waals surface area contributed by atoms with Crippen LogP contribution in [-0.4, -0.2) is 50.6 Å². The molecule has 1 aliphatic heterocycles. The van der Waals surface area contributed by atoms with E-state index >= 15 is 0 Å². The fourth-order valence-corrected chi connectivity index (χ4v) is 4.56. The first kappa shape index (κ1) is 24.1. The molecule has 3 rings (SSSR count). The lowest BCUT2D eigenvalue weighted by Crippen LogP contribution is -2.42. The second-order valence-electron chi connectivity index (χ2n) is 7.72. The van der Waals surface area contributed by atoms with Crippen LogP contribution in [0.3, 0.4) is 0 Å². The standard InChI is InChI=1S/C22H26N4O6S/c1-4-13-33(30,31)25-17-9-7-16(8-10-17)23-19(27)14-26-20(28)22(2,24-21(26)29)15-5-11-18(32-3)12-6-15/h5-12,25H,4,13-14H2,1-3H3,(H,23,27)(H,24,29). The van der Waals surface area contributed by atoms with Crippen molar-refractivity contribution in [3.05, 3.63) is 54.1 Å². The monoisotopic (exact) mass is 474 g/mol. The van der Waals surface area contributed by atoms with Gasteiger partial charge < -0.3 is 15.4 Å². The summed E-state index contributed by atoms with van der Waals surface area (Å²) in [7, 11) is -1.89. The highest BCUT2D eigenvalue weighted by Crippen LogP contribution is 2.30. The summed E-state index contributed by atoms with van der Waals surface area (Å²) in [5, 5.41) is 5.24. The van der Waals surface area contributed by atoms with Gasteiger partial charge in [0.2, 0.25) is 15.9 Å². The van der Waals surface area contributed by atoms with E-state index in [1.54, 1.807) is 38.1 Å². The van der Waals surface area contributed by atoms with Crippen LogP contribution in [0.25, 0.3) is 0 Å². The summed E-state index contributed by atoms with van der Waals surface area (Å²) in [5.41, 5.74) is 0.0147. The van der Waals surface area contributed by atoms with Gasteiger partial charge in [-0.3, -0.25) is 19.2 Å². The van der Waals surface area contributed by atoms with Gasteiger partial charge in [-0.25, -0.2) is 13.2 Å². The Morgan fingerprint density at radius 2 is 1.67 bits per heavy atom. The highest BCUT2D eigenvalue weighted by Gasteiger charge is 2.49. The van der Waals surface area contributed by atoms with Crippen molar-refractivity contribution in [1.29, 1.82) is 0 Å². The molecule has 11 heteroatoms. The van der Waals surface area contributed by atoms with Crippen LogP contribution in [-0.2, 0) is 25.2 Å². The number of amides is 4. The lowest BCUT2D eigenvalue weighted by molar-refractivity contribution is -0.133. The third kappa shape index (κ3) is 5.43. The number of hydrogen-bond acceptors (Lipinski definition) is 6. The minimum Gasteiger partial charge on any atom is -0.497 e. The Morgan fingerprint density at radius 3 is 2.24 bits per heavy atom. The zero-order valence-electron chi connectivity index (χ0n) is 18.5. The molecule has 2 aromatic rings. The molecular weight excluding hydrogens is 448 g/mol. The van der Waals surface area contributed by atoms with Crippen LogP contribution in [0.15, 0.2) is 48.5 Å². The first-order valence-corrected chi connectivity index (χ1v) is 11.9. The van der Waals surface area contributed by atoms with Gasteiger partial charge in [-0.05, 0) is 55.3 Å². The highest BCUT2D eigenvalue weighted by molar-refractivity contribution is 7.92. The van der Waals surface area contributed by atoms with Crippen LogP contribution >= 0.6 is 0 Å². The van der Waals surface area contributed by atoms with Crippen LogP contribution in [0, 0.1) is 0 Å². The van der Waals surface area contributed by atoms with Crippen molar-refractivity contribution >= 4 is 39.2 Å². The van der Waals surface area contributed by atoms with Gasteiger partial charge >= 0.3 is 6.03 Å². The van der Waals surface area contributed by atoms with Crippen LogP contribution in [0.2, 0.25) is 0 Å². The number of imide groups is 1. The number of urea groups is 1. The molecule has 3 N–H and O–H groups in total. The normalized spacial score (nSPS) is 18.1. The third-order valence-electron chi connectivity index (χ3n) is 5.16. The molecule has 0 spiro atoms. The van der Waals surface area contributed by atoms with E-state index in [0.29, 0.717) is 29.1 Å². The maximum Gasteiger partial charge on any atom is 0.325 e. The van der Waals surface area contributed by atoms with Gasteiger partial charge in [0.1, 0.15) is 17.8 Å². The summed E-state index contributed by atoms with van der Waals surface area (Å²) in [6.07, 6.45) is 0.490. The molecule has 2 aromatic carbocycles. The summed E-state index contributed by atoms with van der Waals surface area (Å²) >= 11 is 0. The van der Waals surface area contributed by atoms with Crippen molar-refractivity contribution in [3.63, 3.8) is 0 Å². The second kappa shape index (κ2) is 9.49. The number of rotatable bonds is 9. The number of benzene rings is 2. The Kier molecular flexibility index (Phi) is 6.92. The summed E-state index contributed by atoms with van der Waals surface area (Å²) in [6.45, 7) is 2.87. The quantitative estimate of drug-likeness (QED) is 0.477. The van der Waals surface area contributed by atoms with Crippen LogP contribution < -0.4 is 20.1 Å². The van der Waals surface area contributed by atoms with E-state index in [4.69, 9.17) is 4.74 Å². The summed E-state index contributed by atoms with van der Waals surface area (Å²) in [6, 6.07) is 12.1. The molecule has 1 fully saturated rings. The summed E-state index contributed by atoms with van der Waals surface area (Å²) in [4.78, 5) is 38.7. The van der Waals surface area contributed by atoms with Crippen LogP contribution in [0.1, 0.15) is 25.8 Å². The lowest BCUT2D eigenvalue weighted by Gasteiger charge is -2.22. The number of nitrogens with one attached hydrogen (secondary N) is 3. The van der Waals surface area contributed by atoms with Gasteiger partial charge in [-0.15, -0.1) is 0 Å². The summed E-state index contributed by atoms with van der Waals surface area (Å²) < 4.78 is 31.2. The SMILES string of the molecule is CCCS(=O)(=O)Nc1ccc(NC(=O)CN2C(=O)NC(C)(c3ccc(OC)cc3)C2=O)cc1. The fraction of sp³-hybridized carbons (Fsp3) is 0.318. The molecular formula is C22H26N4O6S. The predicted molar refractivity (Wildman–Crippen MR) is 123 cm³/mol. The smallest absolute Gasteiger partial charge is 0.325 e. The Morgan fingerprint density at radius 1 is 1.06 bits per heavy atom. The molecule has 10 nitrogen and oxygen atoms in total. The van der Waals surface area contributed by atoms with Gasteiger partial charge in [0, 0.05) is 11.4 Å². The van der Waals surface area contributed by atoms with E-state index < -0.39 is 40.0 Å². The van der Waals surface area contributed by atoms with Crippen molar-refractivity contribution in [2.45, 2.75) is 25.8 Å². The van der Waals surface area contributed by atoms with E-state index in [-0.39, 0.29) is 5.75 Å². The topological polar surface area (TPSA) is 134 Å². The minimum atomic E-state index is -3.42. The van der Waals surface area contributed by atoms with Crippen molar-refractivity contribution in [3.8, 4) is 5.75 Å². The molecule has 1 unspecified atom stereocenters. The van der Waals surface area contributed by atoms with Crippen molar-refractivity contribution in [2.24, 2.45) is 0 Å². The number of carbonyl (C=O) groups excluding carboxylic acids is 3. The van der Waals surface area contributed by atoms with Crippen molar-refractivity contribution < 1.29 is 27.5 Å². The maximum atomic E-state index is 13.0. The van der Waals surface area contributed by atoms with E-state index in [2.05, 4.69) is 15.4 Å². The van der Waals surface area contributed by atoms with E-state index in [1.807, 2.05) is 0 Å². The Labute approximate surface area is 192 Å². The fourth-order valence-electron chi connectivity index (χ4n) is 3.43. The zero-order chi connectivity index (χ0) is 24.2. The predicted octanol–water partition coefficient (Wildman–Crippen LogP) is 2.25. The molecule has 4 amide bonds. The van der Waals surface area contributed by atoms with Crippen LogP contribution in [0.5, 0.6) is 5.75 Å². The Bertz CT molecular complexity index is 1150. The maximum absolute atomic E-state index is 13.0. The van der Waals surface area contributed by atoms with Gasteiger partial charge in [-0.1, -0.05) is 19.1 Å². The number of nitrogens with zero attached hydrogens (tertiary/aromatic N) is 1. The molecule has 33 heavy (non-hydrogen) atoms. The zero-order valence-corrected chi connectivity index (χ0v) is 19.4. The number of carbonyl (C=O) groups is 3. The molecule has 176 valence electrons. The van der Waals surface area contributed by atoms with E-state index in [9.17, 15) is 22.8 Å². The average Bonchev–Trinajstić information content (AvgIpc) is 2.98. The van der Waals surface area contributed by atoms with E-state index in [0.717, 1.165) is 4.90 Å².